The predicted molar refractivity (Wildman–Crippen MR) is 82.3 cm³/mol. The molecule has 1 atom stereocenters. The normalized spacial score (nSPS) is 19.7. The van der Waals surface area contributed by atoms with Crippen molar-refractivity contribution in [2.24, 2.45) is 16.6 Å². The summed E-state index contributed by atoms with van der Waals surface area (Å²) >= 11 is 1.99. The zero-order chi connectivity index (χ0) is 13.5. The van der Waals surface area contributed by atoms with Crippen LogP contribution in [0.5, 0.6) is 0 Å². The fraction of sp³-hybridized carbons (Fsp3) is 0.923. The molecule has 0 aliphatic carbocycles. The number of hydrogen-bond acceptors (Lipinski definition) is 3. The highest BCUT2D eigenvalue weighted by atomic mass is 32.2. The first-order valence-electron chi connectivity index (χ1n) is 6.79. The van der Waals surface area contributed by atoms with Gasteiger partial charge in [-0.1, -0.05) is 13.8 Å². The molecule has 0 bridgehead atoms. The average Bonchev–Trinajstić information content (AvgIpc) is 2.34. The minimum Gasteiger partial charge on any atom is -0.370 e. The number of thioether (sulfide) groups is 1. The topological polar surface area (TPSA) is 44.9 Å². The van der Waals surface area contributed by atoms with Crippen LogP contribution in [0, 0.1) is 5.92 Å². The van der Waals surface area contributed by atoms with E-state index in [9.17, 15) is 0 Å². The monoisotopic (exact) mass is 272 g/mol. The van der Waals surface area contributed by atoms with Crippen molar-refractivity contribution in [1.29, 1.82) is 0 Å². The summed E-state index contributed by atoms with van der Waals surface area (Å²) in [5.74, 6) is 3.75. The maximum absolute atomic E-state index is 6.08. The molecular weight excluding hydrogens is 244 g/mol. The van der Waals surface area contributed by atoms with Crippen molar-refractivity contribution >= 4 is 17.7 Å². The van der Waals surface area contributed by atoms with Crippen molar-refractivity contribution in [3.63, 3.8) is 0 Å². The summed E-state index contributed by atoms with van der Waals surface area (Å²) in [5, 5.41) is 0. The lowest BCUT2D eigenvalue weighted by molar-refractivity contribution is 0.260. The molecule has 0 aromatic rings. The molecule has 0 amide bonds. The van der Waals surface area contributed by atoms with E-state index in [2.05, 4.69) is 42.7 Å². The Balaban J connectivity index is 2.47. The van der Waals surface area contributed by atoms with Gasteiger partial charge in [0.05, 0.1) is 6.54 Å². The number of nitrogens with zero attached hydrogens (tertiary/aromatic N) is 3. The van der Waals surface area contributed by atoms with Crippen LogP contribution >= 0.6 is 11.8 Å². The first-order valence-corrected chi connectivity index (χ1v) is 7.95. The molecule has 1 unspecified atom stereocenters. The summed E-state index contributed by atoms with van der Waals surface area (Å²) in [6.07, 6.45) is 1.17. The second-order valence-corrected chi connectivity index (χ2v) is 6.77. The number of hydrogen-bond donors (Lipinski definition) is 1. The number of rotatable bonds is 5. The molecule has 1 heterocycles. The number of likely N-dealkylation sites (N-methyl/N-ethyl adjacent to an activating group) is 1. The van der Waals surface area contributed by atoms with Gasteiger partial charge in [0.1, 0.15) is 0 Å². The first-order chi connectivity index (χ1) is 8.50. The highest BCUT2D eigenvalue weighted by molar-refractivity contribution is 7.99. The molecule has 0 aromatic heterocycles. The van der Waals surface area contributed by atoms with Gasteiger partial charge in [-0.2, -0.15) is 11.8 Å². The summed E-state index contributed by atoms with van der Waals surface area (Å²) in [5.41, 5.74) is 6.08. The van der Waals surface area contributed by atoms with Gasteiger partial charge in [0, 0.05) is 30.6 Å². The summed E-state index contributed by atoms with van der Waals surface area (Å²) in [4.78, 5) is 9.05. The van der Waals surface area contributed by atoms with E-state index in [1.807, 2.05) is 11.8 Å². The molecule has 1 aliphatic heterocycles. The second kappa shape index (κ2) is 7.89. The van der Waals surface area contributed by atoms with Crippen LogP contribution < -0.4 is 5.73 Å². The second-order valence-electron chi connectivity index (χ2n) is 5.55. The molecule has 4 nitrogen and oxygen atoms in total. The molecule has 18 heavy (non-hydrogen) atoms. The van der Waals surface area contributed by atoms with Crippen LogP contribution in [0.15, 0.2) is 4.99 Å². The Labute approximate surface area is 116 Å². The first kappa shape index (κ1) is 15.6. The third-order valence-electron chi connectivity index (χ3n) is 3.27. The van der Waals surface area contributed by atoms with E-state index in [1.165, 1.54) is 17.9 Å². The van der Waals surface area contributed by atoms with Gasteiger partial charge < -0.3 is 15.5 Å². The molecule has 0 aromatic carbocycles. The van der Waals surface area contributed by atoms with Crippen molar-refractivity contribution in [2.75, 3.05) is 45.2 Å². The van der Waals surface area contributed by atoms with Crippen molar-refractivity contribution in [2.45, 2.75) is 26.3 Å². The van der Waals surface area contributed by atoms with Crippen molar-refractivity contribution in [3.05, 3.63) is 0 Å². The standard InChI is InChI=1S/C13H28N4S/c1-11(2)9-12(16(3)4)10-15-13(14)17-5-7-18-8-6-17/h11-12H,5-10H2,1-4H3,(H2,14,15). The number of nitrogens with two attached hydrogens (primary N) is 1. The van der Waals surface area contributed by atoms with Crippen molar-refractivity contribution in [1.82, 2.24) is 9.80 Å². The van der Waals surface area contributed by atoms with E-state index < -0.39 is 0 Å². The molecule has 5 heteroatoms. The smallest absolute Gasteiger partial charge is 0.191 e. The van der Waals surface area contributed by atoms with Gasteiger partial charge in [-0.15, -0.1) is 0 Å². The third-order valence-corrected chi connectivity index (χ3v) is 4.22. The zero-order valence-electron chi connectivity index (χ0n) is 12.2. The van der Waals surface area contributed by atoms with Gasteiger partial charge in [0.25, 0.3) is 0 Å². The Morgan fingerprint density at radius 2 is 1.94 bits per heavy atom. The number of guanidine groups is 1. The summed E-state index contributed by atoms with van der Waals surface area (Å²) in [6, 6.07) is 0.489. The quantitative estimate of drug-likeness (QED) is 0.606. The van der Waals surface area contributed by atoms with Gasteiger partial charge in [-0.3, -0.25) is 4.99 Å². The molecule has 1 aliphatic rings. The third kappa shape index (κ3) is 5.48. The molecule has 1 fully saturated rings. The van der Waals surface area contributed by atoms with E-state index in [1.54, 1.807) is 0 Å². The lowest BCUT2D eigenvalue weighted by Gasteiger charge is -2.29. The lowest BCUT2D eigenvalue weighted by atomic mass is 10.0. The van der Waals surface area contributed by atoms with Crippen LogP contribution in [-0.2, 0) is 0 Å². The number of aliphatic imine (C=N–C) groups is 1. The average molecular weight is 272 g/mol. The van der Waals surface area contributed by atoms with Gasteiger partial charge in [0.2, 0.25) is 0 Å². The van der Waals surface area contributed by atoms with E-state index in [0.717, 1.165) is 25.6 Å². The van der Waals surface area contributed by atoms with Crippen molar-refractivity contribution < 1.29 is 0 Å². The lowest BCUT2D eigenvalue weighted by Crippen LogP contribution is -2.43. The van der Waals surface area contributed by atoms with Gasteiger partial charge in [0.15, 0.2) is 5.96 Å². The predicted octanol–water partition coefficient (Wildman–Crippen LogP) is 1.33. The fourth-order valence-corrected chi connectivity index (χ4v) is 2.99. The SMILES string of the molecule is CC(C)CC(CN=C(N)N1CCSCC1)N(C)C. The van der Waals surface area contributed by atoms with Crippen molar-refractivity contribution in [3.8, 4) is 0 Å². The molecule has 2 N–H and O–H groups in total. The molecule has 0 spiro atoms. The van der Waals surface area contributed by atoms with Crippen LogP contribution in [0.2, 0.25) is 0 Å². The molecule has 1 rings (SSSR count). The van der Waals surface area contributed by atoms with Crippen LogP contribution in [0.4, 0.5) is 0 Å². The zero-order valence-corrected chi connectivity index (χ0v) is 13.0. The molecule has 0 saturated carbocycles. The summed E-state index contributed by atoms with van der Waals surface area (Å²) < 4.78 is 0. The molecule has 1 saturated heterocycles. The van der Waals surface area contributed by atoms with Gasteiger partial charge >= 0.3 is 0 Å². The van der Waals surface area contributed by atoms with Crippen LogP contribution in [0.25, 0.3) is 0 Å². The summed E-state index contributed by atoms with van der Waals surface area (Å²) in [7, 11) is 4.24. The molecule has 106 valence electrons. The van der Waals surface area contributed by atoms with Crippen LogP contribution in [-0.4, -0.2) is 67.0 Å². The summed E-state index contributed by atoms with van der Waals surface area (Å²) in [6.45, 7) is 7.39. The Morgan fingerprint density at radius 3 is 2.44 bits per heavy atom. The fourth-order valence-electron chi connectivity index (χ4n) is 2.08. The van der Waals surface area contributed by atoms with Crippen LogP contribution in [0.3, 0.4) is 0 Å². The Bertz CT molecular complexity index is 260. The maximum Gasteiger partial charge on any atom is 0.191 e. The Morgan fingerprint density at radius 1 is 1.33 bits per heavy atom. The van der Waals surface area contributed by atoms with E-state index in [4.69, 9.17) is 5.73 Å². The van der Waals surface area contributed by atoms with E-state index >= 15 is 0 Å². The maximum atomic E-state index is 6.08. The highest BCUT2D eigenvalue weighted by Crippen LogP contribution is 2.11. The minimum absolute atomic E-state index is 0.489. The highest BCUT2D eigenvalue weighted by Gasteiger charge is 2.15. The van der Waals surface area contributed by atoms with Gasteiger partial charge in [-0.25, -0.2) is 0 Å². The molecular formula is C13H28N4S. The van der Waals surface area contributed by atoms with Gasteiger partial charge in [-0.05, 0) is 26.4 Å². The van der Waals surface area contributed by atoms with E-state index in [-0.39, 0.29) is 0 Å². The molecule has 0 radical (unpaired) electrons. The largest absolute Gasteiger partial charge is 0.370 e. The van der Waals surface area contributed by atoms with E-state index in [0.29, 0.717) is 12.0 Å². The van der Waals surface area contributed by atoms with Crippen LogP contribution in [0.1, 0.15) is 20.3 Å². The Hall–Kier alpha value is -0.420. The minimum atomic E-state index is 0.489. The Kier molecular flexibility index (Phi) is 6.86.